The second-order valence-corrected chi connectivity index (χ2v) is 4.45. The molecule has 1 aromatic heterocycles. The van der Waals surface area contributed by atoms with Crippen molar-refractivity contribution < 1.29 is 0 Å². The lowest BCUT2D eigenvalue weighted by Crippen LogP contribution is -2.28. The van der Waals surface area contributed by atoms with Gasteiger partial charge in [-0.2, -0.15) is 0 Å². The fourth-order valence-corrected chi connectivity index (χ4v) is 1.94. The van der Waals surface area contributed by atoms with E-state index in [1.54, 1.807) is 6.20 Å². The largest absolute Gasteiger partial charge is 0.271 e. The molecule has 1 heterocycles. The van der Waals surface area contributed by atoms with Gasteiger partial charge in [-0.15, -0.1) is 0 Å². The second-order valence-electron chi connectivity index (χ2n) is 4.45. The third-order valence-corrected chi connectivity index (χ3v) is 2.95. The van der Waals surface area contributed by atoms with E-state index in [4.69, 9.17) is 5.84 Å². The van der Waals surface area contributed by atoms with Crippen LogP contribution in [0, 0.1) is 6.92 Å². The average Bonchev–Trinajstić information content (AvgIpc) is 2.34. The summed E-state index contributed by atoms with van der Waals surface area (Å²) < 4.78 is 0. The summed E-state index contributed by atoms with van der Waals surface area (Å²) in [6.07, 6.45) is 9.22. The molecule has 0 spiro atoms. The number of unbranched alkanes of at least 4 members (excludes halogenated alkanes) is 4. The Morgan fingerprint density at radius 2 is 2.06 bits per heavy atom. The van der Waals surface area contributed by atoms with Crippen molar-refractivity contribution in [2.75, 3.05) is 0 Å². The molecule has 1 atom stereocenters. The highest BCUT2D eigenvalue weighted by atomic mass is 15.2. The molecule has 4 nitrogen and oxygen atoms in total. The van der Waals surface area contributed by atoms with E-state index < -0.39 is 0 Å². The van der Waals surface area contributed by atoms with Crippen LogP contribution in [0.15, 0.2) is 12.3 Å². The fraction of sp³-hybridized carbons (Fsp3) is 0.692. The number of rotatable bonds is 8. The number of aryl methyl sites for hydroxylation is 1. The van der Waals surface area contributed by atoms with E-state index in [1.165, 1.54) is 32.1 Å². The van der Waals surface area contributed by atoms with Gasteiger partial charge < -0.3 is 0 Å². The zero-order valence-electron chi connectivity index (χ0n) is 10.9. The smallest absolute Gasteiger partial charge is 0.125 e. The summed E-state index contributed by atoms with van der Waals surface area (Å²) in [4.78, 5) is 8.50. The van der Waals surface area contributed by atoms with Crippen LogP contribution < -0.4 is 11.3 Å². The zero-order valence-corrected chi connectivity index (χ0v) is 10.9. The van der Waals surface area contributed by atoms with Gasteiger partial charge in [-0.3, -0.25) is 11.3 Å². The standard InChI is InChI=1S/C13H24N4/c1-3-4-5-6-7-8-13(17-14)12-9-10-15-11(2)16-12/h9-10,13,17H,3-8,14H2,1-2H3. The summed E-state index contributed by atoms with van der Waals surface area (Å²) >= 11 is 0. The maximum Gasteiger partial charge on any atom is 0.125 e. The first-order chi connectivity index (χ1) is 8.27. The Balaban J connectivity index is 2.38. The van der Waals surface area contributed by atoms with Crippen molar-refractivity contribution >= 4 is 0 Å². The highest BCUT2D eigenvalue weighted by molar-refractivity contribution is 5.06. The van der Waals surface area contributed by atoms with Crippen LogP contribution in [-0.2, 0) is 0 Å². The SMILES string of the molecule is CCCCCCCC(NN)c1ccnc(C)n1. The molecule has 0 aliphatic carbocycles. The van der Waals surface area contributed by atoms with E-state index in [9.17, 15) is 0 Å². The molecule has 1 unspecified atom stereocenters. The molecule has 4 heteroatoms. The number of nitrogens with one attached hydrogen (secondary N) is 1. The quantitative estimate of drug-likeness (QED) is 0.414. The molecule has 3 N–H and O–H groups in total. The van der Waals surface area contributed by atoms with Crippen molar-refractivity contribution in [3.63, 3.8) is 0 Å². The lowest BCUT2D eigenvalue weighted by molar-refractivity contribution is 0.468. The first kappa shape index (κ1) is 14.1. The number of hydrogen-bond acceptors (Lipinski definition) is 4. The van der Waals surface area contributed by atoms with Gasteiger partial charge in [0.25, 0.3) is 0 Å². The number of aromatic nitrogens is 2. The first-order valence-electron chi connectivity index (χ1n) is 6.53. The molecule has 0 amide bonds. The van der Waals surface area contributed by atoms with Crippen molar-refractivity contribution in [3.8, 4) is 0 Å². The molecule has 0 fully saturated rings. The molecular formula is C13H24N4. The first-order valence-corrected chi connectivity index (χ1v) is 6.53. The Hall–Kier alpha value is -1.00. The molecule has 0 saturated carbocycles. The number of nitrogens with zero attached hydrogens (tertiary/aromatic N) is 2. The molecular weight excluding hydrogens is 212 g/mol. The predicted octanol–water partition coefficient (Wildman–Crippen LogP) is 2.65. The molecule has 1 aromatic rings. The topological polar surface area (TPSA) is 63.8 Å². The Bertz CT molecular complexity index is 314. The molecule has 0 aliphatic rings. The van der Waals surface area contributed by atoms with Gasteiger partial charge in [-0.1, -0.05) is 39.0 Å². The third-order valence-electron chi connectivity index (χ3n) is 2.95. The van der Waals surface area contributed by atoms with Gasteiger partial charge in [0.05, 0.1) is 11.7 Å². The highest BCUT2D eigenvalue weighted by Crippen LogP contribution is 2.17. The van der Waals surface area contributed by atoms with Crippen LogP contribution in [0.3, 0.4) is 0 Å². The Morgan fingerprint density at radius 1 is 1.29 bits per heavy atom. The Morgan fingerprint density at radius 3 is 2.71 bits per heavy atom. The predicted molar refractivity (Wildman–Crippen MR) is 70.2 cm³/mol. The molecule has 0 radical (unpaired) electrons. The minimum absolute atomic E-state index is 0.151. The summed E-state index contributed by atoms with van der Waals surface area (Å²) in [5.41, 5.74) is 3.84. The van der Waals surface area contributed by atoms with Crippen molar-refractivity contribution in [1.82, 2.24) is 15.4 Å². The van der Waals surface area contributed by atoms with Crippen molar-refractivity contribution in [2.24, 2.45) is 5.84 Å². The van der Waals surface area contributed by atoms with Gasteiger partial charge in [-0.25, -0.2) is 9.97 Å². The van der Waals surface area contributed by atoms with E-state index in [-0.39, 0.29) is 6.04 Å². The molecule has 1 rings (SSSR count). The van der Waals surface area contributed by atoms with Crippen LogP contribution >= 0.6 is 0 Å². The van der Waals surface area contributed by atoms with Crippen LogP contribution in [-0.4, -0.2) is 9.97 Å². The van der Waals surface area contributed by atoms with Gasteiger partial charge in [0.2, 0.25) is 0 Å². The lowest BCUT2D eigenvalue weighted by Gasteiger charge is -2.15. The van der Waals surface area contributed by atoms with Crippen LogP contribution in [0.5, 0.6) is 0 Å². The van der Waals surface area contributed by atoms with Gasteiger partial charge >= 0.3 is 0 Å². The maximum atomic E-state index is 5.59. The van der Waals surface area contributed by atoms with E-state index in [1.807, 2.05) is 13.0 Å². The summed E-state index contributed by atoms with van der Waals surface area (Å²) in [7, 11) is 0. The van der Waals surface area contributed by atoms with E-state index in [0.29, 0.717) is 0 Å². The van der Waals surface area contributed by atoms with Crippen LogP contribution in [0.4, 0.5) is 0 Å². The second kappa shape index (κ2) is 8.14. The van der Waals surface area contributed by atoms with E-state index in [2.05, 4.69) is 22.3 Å². The van der Waals surface area contributed by atoms with Crippen LogP contribution in [0.2, 0.25) is 0 Å². The molecule has 17 heavy (non-hydrogen) atoms. The number of nitrogens with two attached hydrogens (primary N) is 1. The zero-order chi connectivity index (χ0) is 12.5. The number of hydrogen-bond donors (Lipinski definition) is 2. The summed E-state index contributed by atoms with van der Waals surface area (Å²) in [6.45, 7) is 4.13. The summed E-state index contributed by atoms with van der Waals surface area (Å²) in [5.74, 6) is 6.39. The monoisotopic (exact) mass is 236 g/mol. The van der Waals surface area contributed by atoms with E-state index in [0.717, 1.165) is 17.9 Å². The van der Waals surface area contributed by atoms with Gasteiger partial charge in [0.1, 0.15) is 5.82 Å². The summed E-state index contributed by atoms with van der Waals surface area (Å²) in [6, 6.07) is 2.09. The Kier molecular flexibility index (Phi) is 6.74. The molecule has 96 valence electrons. The normalized spacial score (nSPS) is 12.6. The molecule has 0 saturated heterocycles. The molecule has 0 aromatic carbocycles. The average molecular weight is 236 g/mol. The van der Waals surface area contributed by atoms with Crippen molar-refractivity contribution in [2.45, 2.75) is 58.4 Å². The fourth-order valence-electron chi connectivity index (χ4n) is 1.94. The summed E-state index contributed by atoms with van der Waals surface area (Å²) in [5, 5.41) is 0. The van der Waals surface area contributed by atoms with Crippen molar-refractivity contribution in [1.29, 1.82) is 0 Å². The lowest BCUT2D eigenvalue weighted by atomic mass is 10.0. The molecule has 0 bridgehead atoms. The highest BCUT2D eigenvalue weighted by Gasteiger charge is 2.10. The van der Waals surface area contributed by atoms with Gasteiger partial charge in [0, 0.05) is 6.20 Å². The maximum absolute atomic E-state index is 5.59. The van der Waals surface area contributed by atoms with Crippen LogP contribution in [0.1, 0.15) is 63.0 Å². The van der Waals surface area contributed by atoms with Crippen LogP contribution in [0.25, 0.3) is 0 Å². The third kappa shape index (κ3) is 5.24. The van der Waals surface area contributed by atoms with Gasteiger partial charge in [0.15, 0.2) is 0 Å². The van der Waals surface area contributed by atoms with E-state index >= 15 is 0 Å². The van der Waals surface area contributed by atoms with Crippen molar-refractivity contribution in [3.05, 3.63) is 23.8 Å². The molecule has 0 aliphatic heterocycles. The Labute approximate surface area is 104 Å². The number of hydrazine groups is 1. The van der Waals surface area contributed by atoms with Gasteiger partial charge in [-0.05, 0) is 19.4 Å². The minimum atomic E-state index is 0.151. The minimum Gasteiger partial charge on any atom is -0.271 e.